The van der Waals surface area contributed by atoms with Crippen molar-refractivity contribution in [3.05, 3.63) is 24.2 Å². The van der Waals surface area contributed by atoms with Crippen molar-refractivity contribution in [2.45, 2.75) is 17.4 Å². The summed E-state index contributed by atoms with van der Waals surface area (Å²) in [5.41, 5.74) is 6.98. The quantitative estimate of drug-likeness (QED) is 0.912. The van der Waals surface area contributed by atoms with Gasteiger partial charge >= 0.3 is 0 Å². The van der Waals surface area contributed by atoms with E-state index in [1.165, 1.54) is 5.75 Å². The van der Waals surface area contributed by atoms with Crippen molar-refractivity contribution in [1.82, 2.24) is 15.1 Å². The predicted molar refractivity (Wildman–Crippen MR) is 79.1 cm³/mol. The maximum Gasteiger partial charge on any atom is 0.278 e. The van der Waals surface area contributed by atoms with Crippen molar-refractivity contribution in [1.29, 1.82) is 0 Å². The van der Waals surface area contributed by atoms with Gasteiger partial charge < -0.3 is 10.3 Å². The van der Waals surface area contributed by atoms with Crippen molar-refractivity contribution in [2.24, 2.45) is 0 Å². The average molecular weight is 294 g/mol. The number of hydrogen-bond donors (Lipinski definition) is 1. The number of thioether (sulfide) groups is 2. The molecule has 100 valence electrons. The number of aromatic nitrogens is 3. The fourth-order valence-electron chi connectivity index (χ4n) is 1.96. The summed E-state index contributed by atoms with van der Waals surface area (Å²) in [7, 11) is 0. The Morgan fingerprint density at radius 3 is 3.00 bits per heavy atom. The number of nitrogen functional groups attached to an aromatic ring is 1. The van der Waals surface area contributed by atoms with Gasteiger partial charge in [-0.15, -0.1) is 11.8 Å². The third kappa shape index (κ3) is 2.57. The summed E-state index contributed by atoms with van der Waals surface area (Å²) < 4.78 is 5.31. The molecule has 0 bridgehead atoms. The number of rotatable bonds is 2. The van der Waals surface area contributed by atoms with Crippen LogP contribution in [0.15, 0.2) is 22.9 Å². The number of hydrogen-bond acceptors (Lipinski definition) is 7. The van der Waals surface area contributed by atoms with Crippen LogP contribution >= 0.6 is 23.5 Å². The smallest absolute Gasteiger partial charge is 0.278 e. The Hall–Kier alpha value is -1.21. The second-order valence-electron chi connectivity index (χ2n) is 4.27. The summed E-state index contributed by atoms with van der Waals surface area (Å²) >= 11 is 3.83. The van der Waals surface area contributed by atoms with E-state index in [0.29, 0.717) is 22.5 Å². The molecule has 2 atom stereocenters. The number of anilines is 1. The summed E-state index contributed by atoms with van der Waals surface area (Å²) in [6.45, 7) is 2.20. The van der Waals surface area contributed by atoms with Crippen molar-refractivity contribution >= 4 is 29.2 Å². The lowest BCUT2D eigenvalue weighted by atomic mass is 10.3. The number of pyridine rings is 1. The van der Waals surface area contributed by atoms with Crippen molar-refractivity contribution in [3.63, 3.8) is 0 Å². The Bertz CT molecular complexity index is 574. The van der Waals surface area contributed by atoms with Crippen LogP contribution in [0.4, 0.5) is 5.69 Å². The van der Waals surface area contributed by atoms with Crippen molar-refractivity contribution in [2.75, 3.05) is 17.2 Å². The van der Waals surface area contributed by atoms with E-state index in [-0.39, 0.29) is 5.25 Å². The second-order valence-corrected chi connectivity index (χ2v) is 7.00. The van der Waals surface area contributed by atoms with Crippen molar-refractivity contribution in [3.8, 4) is 11.6 Å². The van der Waals surface area contributed by atoms with Crippen LogP contribution in [0.2, 0.25) is 0 Å². The third-order valence-corrected chi connectivity index (χ3v) is 6.01. The zero-order chi connectivity index (χ0) is 13.2. The van der Waals surface area contributed by atoms with Crippen LogP contribution in [0.1, 0.15) is 18.0 Å². The summed E-state index contributed by atoms with van der Waals surface area (Å²) in [6, 6.07) is 3.56. The second kappa shape index (κ2) is 5.42. The molecule has 0 aromatic carbocycles. The van der Waals surface area contributed by atoms with Gasteiger partial charge in [0.2, 0.25) is 0 Å². The van der Waals surface area contributed by atoms with E-state index < -0.39 is 0 Å². The molecule has 19 heavy (non-hydrogen) atoms. The molecule has 2 aromatic heterocycles. The van der Waals surface area contributed by atoms with Gasteiger partial charge in [0.25, 0.3) is 5.89 Å². The monoisotopic (exact) mass is 294 g/mol. The van der Waals surface area contributed by atoms with Gasteiger partial charge in [0.05, 0.1) is 10.9 Å². The lowest BCUT2D eigenvalue weighted by Gasteiger charge is -2.24. The van der Waals surface area contributed by atoms with Gasteiger partial charge in [-0.1, -0.05) is 12.1 Å². The number of nitrogens with two attached hydrogens (primary N) is 1. The normalized spacial score (nSPS) is 23.4. The number of nitrogens with zero attached hydrogens (tertiary/aromatic N) is 3. The molecule has 7 heteroatoms. The average Bonchev–Trinajstić information content (AvgIpc) is 2.89. The van der Waals surface area contributed by atoms with E-state index in [9.17, 15) is 0 Å². The summed E-state index contributed by atoms with van der Waals surface area (Å²) in [5.74, 6) is 3.44. The SMILES string of the molecule is CC1SCCSC1c1noc(-c2ncccc2N)n1. The Balaban J connectivity index is 1.89. The van der Waals surface area contributed by atoms with E-state index in [2.05, 4.69) is 22.0 Å². The first-order chi connectivity index (χ1) is 9.25. The molecule has 3 heterocycles. The summed E-state index contributed by atoms with van der Waals surface area (Å²) in [6.07, 6.45) is 1.67. The van der Waals surface area contributed by atoms with Crippen LogP contribution in [0, 0.1) is 0 Å². The molecule has 2 unspecified atom stereocenters. The molecule has 2 N–H and O–H groups in total. The molecule has 1 aliphatic heterocycles. The highest BCUT2D eigenvalue weighted by atomic mass is 32.2. The first-order valence-electron chi connectivity index (χ1n) is 6.03. The van der Waals surface area contributed by atoms with E-state index >= 15 is 0 Å². The van der Waals surface area contributed by atoms with E-state index in [0.717, 1.165) is 11.6 Å². The van der Waals surface area contributed by atoms with Gasteiger partial charge in [0, 0.05) is 23.0 Å². The maximum absolute atomic E-state index is 5.87. The van der Waals surface area contributed by atoms with Crippen LogP contribution in [0.5, 0.6) is 0 Å². The molecule has 5 nitrogen and oxygen atoms in total. The molecule has 0 amide bonds. The zero-order valence-corrected chi connectivity index (χ0v) is 12.1. The molecule has 1 aliphatic rings. The van der Waals surface area contributed by atoms with Crippen LogP contribution in [0.25, 0.3) is 11.6 Å². The zero-order valence-electron chi connectivity index (χ0n) is 10.4. The molecule has 0 aliphatic carbocycles. The molecule has 2 aromatic rings. The summed E-state index contributed by atoms with van der Waals surface area (Å²) in [4.78, 5) is 8.65. The minimum Gasteiger partial charge on any atom is -0.397 e. The van der Waals surface area contributed by atoms with Crippen LogP contribution in [-0.2, 0) is 0 Å². The third-order valence-electron chi connectivity index (χ3n) is 2.93. The van der Waals surface area contributed by atoms with Gasteiger partial charge in [-0.2, -0.15) is 16.7 Å². The van der Waals surface area contributed by atoms with Gasteiger partial charge in [-0.05, 0) is 12.1 Å². The van der Waals surface area contributed by atoms with Gasteiger partial charge in [0.15, 0.2) is 11.5 Å². The van der Waals surface area contributed by atoms with Crippen LogP contribution in [-0.4, -0.2) is 31.9 Å². The minimum absolute atomic E-state index is 0.279. The van der Waals surface area contributed by atoms with Gasteiger partial charge in [-0.25, -0.2) is 4.98 Å². The molecular formula is C12H14N4OS2. The van der Waals surface area contributed by atoms with E-state index in [1.807, 2.05) is 23.5 Å². The van der Waals surface area contributed by atoms with Crippen molar-refractivity contribution < 1.29 is 4.52 Å². The Morgan fingerprint density at radius 1 is 1.37 bits per heavy atom. The molecule has 1 fully saturated rings. The minimum atomic E-state index is 0.279. The van der Waals surface area contributed by atoms with Crippen LogP contribution in [0.3, 0.4) is 0 Å². The van der Waals surface area contributed by atoms with E-state index in [4.69, 9.17) is 10.3 Å². The maximum atomic E-state index is 5.87. The highest BCUT2D eigenvalue weighted by Crippen LogP contribution is 2.41. The first kappa shape index (κ1) is 12.8. The molecule has 0 saturated carbocycles. The fourth-order valence-corrected chi connectivity index (χ4v) is 4.64. The van der Waals surface area contributed by atoms with Gasteiger partial charge in [0.1, 0.15) is 0 Å². The van der Waals surface area contributed by atoms with E-state index in [1.54, 1.807) is 18.3 Å². The molecule has 0 radical (unpaired) electrons. The van der Waals surface area contributed by atoms with Gasteiger partial charge in [-0.3, -0.25) is 0 Å². The largest absolute Gasteiger partial charge is 0.397 e. The Kier molecular flexibility index (Phi) is 3.65. The highest BCUT2D eigenvalue weighted by Gasteiger charge is 2.29. The van der Waals surface area contributed by atoms with Crippen LogP contribution < -0.4 is 5.73 Å². The predicted octanol–water partition coefficient (Wildman–Crippen LogP) is 2.62. The molecular weight excluding hydrogens is 280 g/mol. The first-order valence-corrected chi connectivity index (χ1v) is 8.13. The lowest BCUT2D eigenvalue weighted by molar-refractivity contribution is 0.421. The highest BCUT2D eigenvalue weighted by molar-refractivity contribution is 8.06. The lowest BCUT2D eigenvalue weighted by Crippen LogP contribution is -2.16. The fraction of sp³-hybridized carbons (Fsp3) is 0.417. The topological polar surface area (TPSA) is 77.8 Å². The molecule has 0 spiro atoms. The Morgan fingerprint density at radius 2 is 2.21 bits per heavy atom. The molecule has 1 saturated heterocycles. The summed E-state index contributed by atoms with van der Waals surface area (Å²) in [5, 5.41) is 4.86. The Labute approximate surface area is 119 Å². The standard InChI is InChI=1S/C12H14N4OS2/c1-7-10(19-6-5-18-7)11-15-12(17-16-11)9-8(13)3-2-4-14-9/h2-4,7,10H,5-6,13H2,1H3. The molecule has 3 rings (SSSR count).